The minimum absolute atomic E-state index is 0.0707. The van der Waals surface area contributed by atoms with Crippen molar-refractivity contribution < 1.29 is 69.0 Å². The summed E-state index contributed by atoms with van der Waals surface area (Å²) < 4.78 is 34.4. The van der Waals surface area contributed by atoms with Crippen LogP contribution < -0.4 is 0 Å². The quantitative estimate of drug-likeness (QED) is 0.0224. The van der Waals surface area contributed by atoms with Crippen LogP contribution in [-0.2, 0) is 33.2 Å². The molecule has 0 saturated carbocycles. The molecule has 2 rings (SSSR count). The Balaban J connectivity index is 1.71. The second-order valence-electron chi connectivity index (χ2n) is 20.1. The fraction of sp³-hybridized carbons (Fsp3) is 0.981. The number of rotatable bonds is 46. The van der Waals surface area contributed by atoms with Gasteiger partial charge in [0, 0.05) is 13.0 Å². The molecule has 2 aliphatic rings. The molecule has 11 unspecified atom stereocenters. The first-order valence-corrected chi connectivity index (χ1v) is 28.1. The van der Waals surface area contributed by atoms with Crippen LogP contribution in [0.3, 0.4) is 0 Å². The molecule has 0 aromatic rings. The number of aliphatic hydroxyl groups excluding tert-OH is 7. The van der Waals surface area contributed by atoms with E-state index in [1.807, 2.05) is 0 Å². The summed E-state index contributed by atoms with van der Waals surface area (Å²) in [6.45, 7) is 3.75. The first-order chi connectivity index (χ1) is 33.1. The number of aliphatic hydroxyl groups is 7. The molecule has 0 aromatic carbocycles. The lowest BCUT2D eigenvalue weighted by Gasteiger charge is -2.42. The molecule has 2 fully saturated rings. The minimum Gasteiger partial charge on any atom is -0.457 e. The van der Waals surface area contributed by atoms with Crippen LogP contribution in [0.15, 0.2) is 0 Å². The number of ether oxygens (including phenoxy) is 6. The Morgan fingerprint density at radius 3 is 1.19 bits per heavy atom. The van der Waals surface area contributed by atoms with Crippen molar-refractivity contribution in [2.75, 3.05) is 33.0 Å². The van der Waals surface area contributed by atoms with Gasteiger partial charge in [-0.1, -0.05) is 219 Å². The van der Waals surface area contributed by atoms with Crippen molar-refractivity contribution in [2.45, 2.75) is 306 Å². The summed E-state index contributed by atoms with van der Waals surface area (Å²) in [4.78, 5) is 13.0. The third-order valence-electron chi connectivity index (χ3n) is 13.9. The minimum atomic E-state index is -1.70. The van der Waals surface area contributed by atoms with E-state index >= 15 is 0 Å². The highest BCUT2D eigenvalue weighted by Gasteiger charge is 2.47. The predicted octanol–water partition coefficient (Wildman–Crippen LogP) is 9.25. The largest absolute Gasteiger partial charge is 0.457 e. The van der Waals surface area contributed by atoms with E-state index in [0.29, 0.717) is 6.61 Å². The fourth-order valence-corrected chi connectivity index (χ4v) is 9.29. The van der Waals surface area contributed by atoms with Gasteiger partial charge in [0.2, 0.25) is 0 Å². The molecule has 14 nitrogen and oxygen atoms in total. The molecule has 0 aliphatic carbocycles. The molecule has 404 valence electrons. The topological polar surface area (TPSA) is 214 Å². The van der Waals surface area contributed by atoms with E-state index in [1.165, 1.54) is 173 Å². The van der Waals surface area contributed by atoms with Crippen LogP contribution in [0.5, 0.6) is 0 Å². The third-order valence-corrected chi connectivity index (χ3v) is 13.9. The molecule has 14 heteroatoms. The molecule has 2 heterocycles. The van der Waals surface area contributed by atoms with Gasteiger partial charge in [-0.05, 0) is 12.8 Å². The second-order valence-corrected chi connectivity index (χ2v) is 20.1. The average molecular weight is 977 g/mol. The predicted molar refractivity (Wildman–Crippen MR) is 266 cm³/mol. The molecule has 0 amide bonds. The van der Waals surface area contributed by atoms with Gasteiger partial charge in [0.05, 0.1) is 26.4 Å². The van der Waals surface area contributed by atoms with E-state index in [4.69, 9.17) is 28.4 Å². The van der Waals surface area contributed by atoms with Crippen molar-refractivity contribution in [3.05, 3.63) is 0 Å². The lowest BCUT2D eigenvalue weighted by Crippen LogP contribution is -2.61. The summed E-state index contributed by atoms with van der Waals surface area (Å²) in [5, 5.41) is 72.2. The van der Waals surface area contributed by atoms with Gasteiger partial charge in [-0.3, -0.25) is 4.79 Å². The molecule has 7 N–H and O–H groups in total. The van der Waals surface area contributed by atoms with Crippen LogP contribution in [0, 0.1) is 0 Å². The van der Waals surface area contributed by atoms with E-state index < -0.39 is 80.7 Å². The van der Waals surface area contributed by atoms with Gasteiger partial charge in [-0.2, -0.15) is 0 Å². The summed E-state index contributed by atoms with van der Waals surface area (Å²) >= 11 is 0. The lowest BCUT2D eigenvalue weighted by molar-refractivity contribution is -0.332. The van der Waals surface area contributed by atoms with Gasteiger partial charge in [-0.15, -0.1) is 0 Å². The van der Waals surface area contributed by atoms with E-state index in [0.717, 1.165) is 44.9 Å². The number of esters is 1. The van der Waals surface area contributed by atoms with Crippen LogP contribution in [0.1, 0.15) is 239 Å². The molecule has 0 bridgehead atoms. The first-order valence-electron chi connectivity index (χ1n) is 28.1. The maximum atomic E-state index is 13.0. The smallest absolute Gasteiger partial charge is 0.306 e. The zero-order valence-corrected chi connectivity index (χ0v) is 43.1. The average Bonchev–Trinajstić information content (AvgIpc) is 3.33. The van der Waals surface area contributed by atoms with E-state index in [1.54, 1.807) is 0 Å². The van der Waals surface area contributed by atoms with Gasteiger partial charge in [-0.25, -0.2) is 0 Å². The molecule has 0 spiro atoms. The Kier molecular flexibility index (Phi) is 39.4. The highest BCUT2D eigenvalue weighted by molar-refractivity contribution is 5.69. The zero-order valence-electron chi connectivity index (χ0n) is 43.1. The number of carbonyl (C=O) groups excluding carboxylic acids is 1. The van der Waals surface area contributed by atoms with Crippen LogP contribution in [0.2, 0.25) is 0 Å². The van der Waals surface area contributed by atoms with Crippen LogP contribution >= 0.6 is 0 Å². The third kappa shape index (κ3) is 29.5. The molecule has 2 saturated heterocycles. The van der Waals surface area contributed by atoms with E-state index in [9.17, 15) is 40.5 Å². The van der Waals surface area contributed by atoms with Crippen molar-refractivity contribution in [1.29, 1.82) is 0 Å². The maximum Gasteiger partial charge on any atom is 0.306 e. The number of carbonyl (C=O) groups is 1. The number of hydrogen-bond donors (Lipinski definition) is 7. The Morgan fingerprint density at radius 1 is 0.426 bits per heavy atom. The molecule has 11 atom stereocenters. The van der Waals surface area contributed by atoms with E-state index in [-0.39, 0.29) is 25.6 Å². The molecule has 0 aromatic heterocycles. The zero-order chi connectivity index (χ0) is 49.5. The van der Waals surface area contributed by atoms with Crippen molar-refractivity contribution in [2.24, 2.45) is 0 Å². The van der Waals surface area contributed by atoms with Crippen molar-refractivity contribution in [3.63, 3.8) is 0 Å². The van der Waals surface area contributed by atoms with Gasteiger partial charge in [0.1, 0.15) is 54.9 Å². The molecule has 68 heavy (non-hydrogen) atoms. The second kappa shape index (κ2) is 42.5. The Hall–Kier alpha value is -1.01. The summed E-state index contributed by atoms with van der Waals surface area (Å²) in [5.74, 6) is -0.369. The summed E-state index contributed by atoms with van der Waals surface area (Å²) in [6, 6.07) is 0. The van der Waals surface area contributed by atoms with E-state index in [2.05, 4.69) is 13.8 Å². The SMILES string of the molecule is CCCCCCCCCCCCCCCCCCCCCCOCC(COC1OC(COC2OC(CO)C(O)C(O)C2O)C(O)C(O)C1O)OC(=O)CCCCCCCCCCCCCCCC. The number of unbranched alkanes of at least 4 members (excludes halogenated alkanes) is 32. The summed E-state index contributed by atoms with van der Waals surface area (Å²) in [7, 11) is 0. The monoisotopic (exact) mass is 977 g/mol. The summed E-state index contributed by atoms with van der Waals surface area (Å²) in [5.41, 5.74) is 0. The molecular formula is C54H104O14. The van der Waals surface area contributed by atoms with Crippen molar-refractivity contribution in [1.82, 2.24) is 0 Å². The Morgan fingerprint density at radius 2 is 0.779 bits per heavy atom. The Bertz CT molecular complexity index is 1130. The number of hydrogen-bond acceptors (Lipinski definition) is 14. The van der Waals surface area contributed by atoms with Crippen LogP contribution in [-0.4, -0.2) is 142 Å². The molecule has 2 aliphatic heterocycles. The lowest BCUT2D eigenvalue weighted by atomic mass is 9.98. The summed E-state index contributed by atoms with van der Waals surface area (Å²) in [6.07, 6.45) is 27.3. The van der Waals surface area contributed by atoms with Gasteiger partial charge in [0.15, 0.2) is 12.6 Å². The van der Waals surface area contributed by atoms with Gasteiger partial charge >= 0.3 is 5.97 Å². The first kappa shape index (κ1) is 63.1. The normalized spacial score (nSPS) is 25.8. The highest BCUT2D eigenvalue weighted by atomic mass is 16.7. The Labute approximate surface area is 412 Å². The highest BCUT2D eigenvalue weighted by Crippen LogP contribution is 2.27. The maximum absolute atomic E-state index is 13.0. The standard InChI is InChI=1S/C54H104O14/c1-3-5-7-9-11-13-15-17-19-20-21-22-23-24-26-28-30-32-34-36-38-63-40-43(66-46(56)37-35-33-31-29-27-25-18-16-14-12-10-8-6-4-2)41-64-53-52(62)50(60)48(58)45(68-53)42-65-54-51(61)49(59)47(57)44(39-55)67-54/h43-45,47-55,57-62H,3-42H2,1-2H3. The van der Waals surface area contributed by atoms with Gasteiger partial charge < -0.3 is 64.2 Å². The van der Waals surface area contributed by atoms with Crippen molar-refractivity contribution >= 4 is 5.97 Å². The molecule has 0 radical (unpaired) electrons. The van der Waals surface area contributed by atoms with Gasteiger partial charge in [0.25, 0.3) is 0 Å². The van der Waals surface area contributed by atoms with Crippen LogP contribution in [0.4, 0.5) is 0 Å². The fourth-order valence-electron chi connectivity index (χ4n) is 9.29. The molecular weight excluding hydrogens is 873 g/mol. The van der Waals surface area contributed by atoms with Crippen LogP contribution in [0.25, 0.3) is 0 Å². The van der Waals surface area contributed by atoms with Crippen molar-refractivity contribution in [3.8, 4) is 0 Å².